The minimum Gasteiger partial charge on any atom is -0.378 e. The van der Waals surface area contributed by atoms with Gasteiger partial charge >= 0.3 is 0 Å². The fourth-order valence-corrected chi connectivity index (χ4v) is 4.17. The number of nitrogens with zero attached hydrogens (tertiary/aromatic N) is 2. The molecule has 146 valence electrons. The molecule has 1 unspecified atom stereocenters. The smallest absolute Gasteiger partial charge is 0.227 e. The summed E-state index contributed by atoms with van der Waals surface area (Å²) in [6.07, 6.45) is 1.34. The van der Waals surface area contributed by atoms with E-state index < -0.39 is 0 Å². The Bertz CT molecular complexity index is 859. The highest BCUT2D eigenvalue weighted by molar-refractivity contribution is 5.96. The highest BCUT2D eigenvalue weighted by atomic mass is 16.5. The molecule has 0 radical (unpaired) electrons. The number of para-hydroxylation sites is 1. The molecule has 4 rings (SSSR count). The SMILES string of the molecule is CC(=O)c1ccc(N2CCOCC2)c(CC2CC(=O)N(c3ccccc3)C2)c1. The number of Topliss-reactive ketones (excluding diaryl/α,β-unsaturated/α-hetero) is 1. The van der Waals surface area contributed by atoms with Gasteiger partial charge in [0.15, 0.2) is 5.78 Å². The van der Waals surface area contributed by atoms with Gasteiger partial charge in [0, 0.05) is 43.0 Å². The van der Waals surface area contributed by atoms with Gasteiger partial charge in [0.1, 0.15) is 0 Å². The maximum absolute atomic E-state index is 12.6. The number of rotatable bonds is 5. The molecular formula is C23H26N2O3. The first-order valence-corrected chi connectivity index (χ1v) is 9.94. The fourth-order valence-electron chi connectivity index (χ4n) is 4.17. The van der Waals surface area contributed by atoms with Crippen molar-refractivity contribution in [3.8, 4) is 0 Å². The van der Waals surface area contributed by atoms with Crippen LogP contribution in [0.5, 0.6) is 0 Å². The van der Waals surface area contributed by atoms with E-state index in [0.29, 0.717) is 6.42 Å². The Labute approximate surface area is 165 Å². The van der Waals surface area contributed by atoms with Gasteiger partial charge in [-0.25, -0.2) is 0 Å². The molecule has 2 aromatic carbocycles. The number of ketones is 1. The number of carbonyl (C=O) groups excluding carboxylic acids is 2. The molecule has 0 spiro atoms. The zero-order chi connectivity index (χ0) is 19.5. The zero-order valence-electron chi connectivity index (χ0n) is 16.3. The average molecular weight is 378 g/mol. The number of amides is 1. The van der Waals surface area contributed by atoms with Gasteiger partial charge in [-0.2, -0.15) is 0 Å². The standard InChI is InChI=1S/C23H26N2O3/c1-17(26)19-7-8-22(24-9-11-28-12-10-24)20(15-19)13-18-14-23(27)25(16-18)21-5-3-2-4-6-21/h2-8,15,18H,9-14,16H2,1H3. The lowest BCUT2D eigenvalue weighted by Gasteiger charge is -2.31. The Kier molecular flexibility index (Phi) is 5.44. The lowest BCUT2D eigenvalue weighted by atomic mass is 9.94. The van der Waals surface area contributed by atoms with Gasteiger partial charge in [-0.15, -0.1) is 0 Å². The molecule has 2 aliphatic heterocycles. The summed E-state index contributed by atoms with van der Waals surface area (Å²) in [5.41, 5.74) is 4.01. The second-order valence-electron chi connectivity index (χ2n) is 7.61. The van der Waals surface area contributed by atoms with Crippen molar-refractivity contribution in [1.29, 1.82) is 0 Å². The van der Waals surface area contributed by atoms with Crippen molar-refractivity contribution in [3.63, 3.8) is 0 Å². The Morgan fingerprint density at radius 1 is 1.11 bits per heavy atom. The van der Waals surface area contributed by atoms with Crippen LogP contribution in [0.1, 0.15) is 29.3 Å². The first-order chi connectivity index (χ1) is 13.6. The normalized spacial score (nSPS) is 19.9. The molecule has 0 saturated carbocycles. The van der Waals surface area contributed by atoms with Crippen LogP contribution in [0.3, 0.4) is 0 Å². The summed E-state index contributed by atoms with van der Waals surface area (Å²) in [5, 5.41) is 0. The summed E-state index contributed by atoms with van der Waals surface area (Å²) in [6, 6.07) is 15.8. The Balaban J connectivity index is 1.57. The summed E-state index contributed by atoms with van der Waals surface area (Å²) in [4.78, 5) is 28.7. The number of morpholine rings is 1. The number of ether oxygens (including phenoxy) is 1. The van der Waals surface area contributed by atoms with Gasteiger partial charge in [-0.05, 0) is 55.2 Å². The fraction of sp³-hybridized carbons (Fsp3) is 0.391. The van der Waals surface area contributed by atoms with Crippen LogP contribution in [-0.2, 0) is 16.0 Å². The van der Waals surface area contributed by atoms with Crippen molar-refractivity contribution in [2.24, 2.45) is 5.92 Å². The predicted molar refractivity (Wildman–Crippen MR) is 110 cm³/mol. The third-order valence-electron chi connectivity index (χ3n) is 5.62. The third-order valence-corrected chi connectivity index (χ3v) is 5.62. The second kappa shape index (κ2) is 8.15. The molecule has 2 saturated heterocycles. The molecule has 0 N–H and O–H groups in total. The van der Waals surface area contributed by atoms with Crippen LogP contribution in [0.4, 0.5) is 11.4 Å². The molecule has 2 fully saturated rings. The molecule has 0 aromatic heterocycles. The predicted octanol–water partition coefficient (Wildman–Crippen LogP) is 3.32. The maximum atomic E-state index is 12.6. The van der Waals surface area contributed by atoms with Crippen LogP contribution in [0.25, 0.3) is 0 Å². The summed E-state index contributed by atoms with van der Waals surface area (Å²) in [6.45, 7) is 5.47. The molecule has 1 atom stereocenters. The number of benzene rings is 2. The monoisotopic (exact) mass is 378 g/mol. The molecule has 1 amide bonds. The Hall–Kier alpha value is -2.66. The highest BCUT2D eigenvalue weighted by Crippen LogP contribution is 2.31. The van der Waals surface area contributed by atoms with Crippen molar-refractivity contribution in [1.82, 2.24) is 0 Å². The molecule has 5 nitrogen and oxygen atoms in total. The van der Waals surface area contributed by atoms with E-state index in [1.165, 1.54) is 5.69 Å². The van der Waals surface area contributed by atoms with Crippen molar-refractivity contribution >= 4 is 23.1 Å². The van der Waals surface area contributed by atoms with Crippen LogP contribution in [0.2, 0.25) is 0 Å². The molecule has 28 heavy (non-hydrogen) atoms. The van der Waals surface area contributed by atoms with Gasteiger partial charge in [-0.3, -0.25) is 9.59 Å². The van der Waals surface area contributed by atoms with E-state index in [1.54, 1.807) is 6.92 Å². The molecule has 2 aliphatic rings. The Morgan fingerprint density at radius 3 is 2.57 bits per heavy atom. The molecule has 2 aromatic rings. The van der Waals surface area contributed by atoms with Crippen molar-refractivity contribution in [2.75, 3.05) is 42.6 Å². The first-order valence-electron chi connectivity index (χ1n) is 9.94. The minimum absolute atomic E-state index is 0.0724. The summed E-state index contributed by atoms with van der Waals surface area (Å²) in [7, 11) is 0. The summed E-state index contributed by atoms with van der Waals surface area (Å²) < 4.78 is 5.49. The quantitative estimate of drug-likeness (QED) is 0.749. The van der Waals surface area contributed by atoms with E-state index in [-0.39, 0.29) is 17.6 Å². The topological polar surface area (TPSA) is 49.9 Å². The van der Waals surface area contributed by atoms with Gasteiger partial charge in [0.25, 0.3) is 0 Å². The molecular weight excluding hydrogens is 352 g/mol. The summed E-state index contributed by atoms with van der Waals surface area (Å²) >= 11 is 0. The van der Waals surface area contributed by atoms with E-state index >= 15 is 0 Å². The zero-order valence-corrected chi connectivity index (χ0v) is 16.3. The van der Waals surface area contributed by atoms with Crippen LogP contribution >= 0.6 is 0 Å². The molecule has 2 heterocycles. The lowest BCUT2D eigenvalue weighted by molar-refractivity contribution is -0.117. The molecule has 0 aliphatic carbocycles. The van der Waals surface area contributed by atoms with Gasteiger partial charge in [0.2, 0.25) is 5.91 Å². The van der Waals surface area contributed by atoms with Crippen molar-refractivity contribution in [2.45, 2.75) is 19.8 Å². The number of carbonyl (C=O) groups is 2. The number of hydrogen-bond donors (Lipinski definition) is 0. The van der Waals surface area contributed by atoms with E-state index in [1.807, 2.05) is 47.4 Å². The molecule has 5 heteroatoms. The van der Waals surface area contributed by atoms with Gasteiger partial charge < -0.3 is 14.5 Å². The largest absolute Gasteiger partial charge is 0.378 e. The van der Waals surface area contributed by atoms with E-state index in [2.05, 4.69) is 11.0 Å². The third kappa shape index (κ3) is 3.94. The van der Waals surface area contributed by atoms with E-state index in [0.717, 1.165) is 56.1 Å². The lowest BCUT2D eigenvalue weighted by Crippen LogP contribution is -2.37. The van der Waals surface area contributed by atoms with Gasteiger partial charge in [0.05, 0.1) is 13.2 Å². The van der Waals surface area contributed by atoms with Gasteiger partial charge in [-0.1, -0.05) is 18.2 Å². The van der Waals surface area contributed by atoms with Crippen LogP contribution in [0, 0.1) is 5.92 Å². The number of hydrogen-bond acceptors (Lipinski definition) is 4. The van der Waals surface area contributed by atoms with Crippen LogP contribution < -0.4 is 9.80 Å². The number of anilines is 2. The minimum atomic E-state index is 0.0724. The summed E-state index contributed by atoms with van der Waals surface area (Å²) in [5.74, 6) is 0.490. The van der Waals surface area contributed by atoms with Crippen LogP contribution in [-0.4, -0.2) is 44.5 Å². The average Bonchev–Trinajstić information content (AvgIpc) is 3.09. The van der Waals surface area contributed by atoms with Crippen molar-refractivity contribution in [3.05, 3.63) is 59.7 Å². The van der Waals surface area contributed by atoms with Crippen LogP contribution in [0.15, 0.2) is 48.5 Å². The van der Waals surface area contributed by atoms with E-state index in [9.17, 15) is 9.59 Å². The molecule has 0 bridgehead atoms. The van der Waals surface area contributed by atoms with Crippen molar-refractivity contribution < 1.29 is 14.3 Å². The Morgan fingerprint density at radius 2 is 1.86 bits per heavy atom. The highest BCUT2D eigenvalue weighted by Gasteiger charge is 2.31. The van der Waals surface area contributed by atoms with E-state index in [4.69, 9.17) is 4.74 Å². The second-order valence-corrected chi connectivity index (χ2v) is 7.61. The maximum Gasteiger partial charge on any atom is 0.227 e. The first kappa shape index (κ1) is 18.7.